The van der Waals surface area contributed by atoms with Crippen LogP contribution in [0.2, 0.25) is 0 Å². The molecule has 0 bridgehead atoms. The number of rotatable bonds is 13. The van der Waals surface area contributed by atoms with Gasteiger partial charge < -0.3 is 5.11 Å². The molecule has 2 rings (SSSR count). The summed E-state index contributed by atoms with van der Waals surface area (Å²) in [4.78, 5) is 30.3. The molecule has 0 radical (unpaired) electrons. The zero-order valence-corrected chi connectivity index (χ0v) is 18.1. The molecule has 0 saturated carbocycles. The molecular weight excluding hydrogens is 386 g/mol. The number of hydrogen-bond donors (Lipinski definition) is 1. The third-order valence-electron chi connectivity index (χ3n) is 4.83. The number of aryl methyl sites for hydroxylation is 1. The number of thioether (sulfide) groups is 1. The second-order valence-corrected chi connectivity index (χ2v) is 8.06. The van der Waals surface area contributed by atoms with Gasteiger partial charge in [-0.25, -0.2) is 9.86 Å². The van der Waals surface area contributed by atoms with E-state index in [0.717, 1.165) is 40.7 Å². The van der Waals surface area contributed by atoms with Gasteiger partial charge in [0.05, 0.1) is 6.61 Å². The fourth-order valence-electron chi connectivity index (χ4n) is 3.18. The Kier molecular flexibility index (Phi) is 10.0. The second-order valence-electron chi connectivity index (χ2n) is 7.08. The molecule has 0 aromatic heterocycles. The number of aliphatic carboxylic acids is 1. The number of nitrogens with zero attached hydrogens (tertiary/aromatic N) is 1. The van der Waals surface area contributed by atoms with Gasteiger partial charge in [0.2, 0.25) is 5.91 Å². The molecule has 0 aliphatic heterocycles. The van der Waals surface area contributed by atoms with Crippen LogP contribution >= 0.6 is 11.8 Å². The zero-order valence-electron chi connectivity index (χ0n) is 17.3. The molecule has 29 heavy (non-hydrogen) atoms. The molecule has 0 spiro atoms. The molecule has 158 valence electrons. The van der Waals surface area contributed by atoms with E-state index in [-0.39, 0.29) is 12.3 Å². The Hall–Kier alpha value is -2.05. The van der Waals surface area contributed by atoms with Gasteiger partial charge in [0.25, 0.3) is 0 Å². The van der Waals surface area contributed by atoms with E-state index < -0.39 is 12.0 Å². The Bertz CT molecular complexity index is 795. The van der Waals surface area contributed by atoms with Crippen LogP contribution in [0.4, 0.5) is 0 Å². The van der Waals surface area contributed by atoms with E-state index in [2.05, 4.69) is 19.1 Å². The summed E-state index contributed by atoms with van der Waals surface area (Å²) in [6.07, 6.45) is 5.89. The van der Waals surface area contributed by atoms with Crippen LogP contribution in [-0.2, 0) is 20.8 Å². The van der Waals surface area contributed by atoms with Gasteiger partial charge >= 0.3 is 5.97 Å². The lowest BCUT2D eigenvalue weighted by Gasteiger charge is -2.28. The highest BCUT2D eigenvalue weighted by molar-refractivity contribution is 7.98. The minimum absolute atomic E-state index is 0.217. The smallest absolute Gasteiger partial charge is 0.329 e. The van der Waals surface area contributed by atoms with Crippen LogP contribution < -0.4 is 0 Å². The van der Waals surface area contributed by atoms with E-state index in [1.54, 1.807) is 11.8 Å². The number of carbonyl (C=O) groups is 2. The maximum Gasteiger partial charge on any atom is 0.329 e. The fraction of sp³-hybridized carbons (Fsp3) is 0.478. The first-order valence-electron chi connectivity index (χ1n) is 10.2. The largest absolute Gasteiger partial charge is 0.480 e. The van der Waals surface area contributed by atoms with Gasteiger partial charge in [0.15, 0.2) is 6.04 Å². The van der Waals surface area contributed by atoms with Crippen LogP contribution in [0, 0.1) is 0 Å². The van der Waals surface area contributed by atoms with Crippen molar-refractivity contribution in [2.75, 3.05) is 18.6 Å². The summed E-state index contributed by atoms with van der Waals surface area (Å²) in [6, 6.07) is 13.3. The van der Waals surface area contributed by atoms with E-state index in [1.165, 1.54) is 0 Å². The summed E-state index contributed by atoms with van der Waals surface area (Å²) in [5.74, 6) is -0.638. The van der Waals surface area contributed by atoms with Crippen molar-refractivity contribution in [2.45, 2.75) is 51.5 Å². The van der Waals surface area contributed by atoms with E-state index in [0.29, 0.717) is 25.2 Å². The number of fused-ring (bicyclic) bond motifs is 1. The number of amides is 1. The lowest BCUT2D eigenvalue weighted by molar-refractivity contribution is -0.207. The summed E-state index contributed by atoms with van der Waals surface area (Å²) in [7, 11) is 0. The molecular formula is C23H31NO4S. The van der Waals surface area contributed by atoms with Crippen LogP contribution in [0.1, 0.15) is 44.6 Å². The molecule has 5 nitrogen and oxygen atoms in total. The topological polar surface area (TPSA) is 66.8 Å². The van der Waals surface area contributed by atoms with Gasteiger partial charge in [0, 0.05) is 6.42 Å². The number of carboxylic acids is 1. The molecule has 1 amide bonds. The summed E-state index contributed by atoms with van der Waals surface area (Å²) in [5, 5.41) is 13.1. The van der Waals surface area contributed by atoms with Crippen molar-refractivity contribution in [3.8, 4) is 0 Å². The van der Waals surface area contributed by atoms with Gasteiger partial charge in [0.1, 0.15) is 0 Å². The molecule has 0 aliphatic carbocycles. The molecule has 0 heterocycles. The Morgan fingerprint density at radius 2 is 1.90 bits per heavy atom. The maximum absolute atomic E-state index is 12.9. The monoisotopic (exact) mass is 417 g/mol. The maximum atomic E-state index is 12.9. The van der Waals surface area contributed by atoms with E-state index in [9.17, 15) is 14.7 Å². The Balaban J connectivity index is 2.05. The molecule has 1 atom stereocenters. The predicted octanol–water partition coefficient (Wildman–Crippen LogP) is 4.93. The molecule has 0 aliphatic rings. The molecule has 2 aromatic rings. The quantitative estimate of drug-likeness (QED) is 0.370. The average Bonchev–Trinajstić information content (AvgIpc) is 2.73. The standard InChI is InChI=1S/C23H31NO4S/c1-3-4-7-15-28-24(21(23(26)27)14-16-29-2)22(25)13-11-18-10-12-19-8-5-6-9-20(19)17-18/h5-6,8-10,12,17,21H,3-4,7,11,13-16H2,1-2H3,(H,26,27)/t21-/m0/s1. The Morgan fingerprint density at radius 1 is 1.14 bits per heavy atom. The van der Waals surface area contributed by atoms with Crippen molar-refractivity contribution in [1.82, 2.24) is 5.06 Å². The van der Waals surface area contributed by atoms with Crippen molar-refractivity contribution in [3.63, 3.8) is 0 Å². The lowest BCUT2D eigenvalue weighted by atomic mass is 10.0. The Labute approximate surface area is 177 Å². The highest BCUT2D eigenvalue weighted by Gasteiger charge is 2.30. The number of unbranched alkanes of at least 4 members (excludes halogenated alkanes) is 2. The molecule has 2 aromatic carbocycles. The van der Waals surface area contributed by atoms with Crippen LogP contribution in [0.5, 0.6) is 0 Å². The Morgan fingerprint density at radius 3 is 2.59 bits per heavy atom. The SMILES string of the molecule is CCCCCON(C(=O)CCc1ccc2ccccc2c1)[C@@H](CCSC)C(=O)O. The van der Waals surface area contributed by atoms with Gasteiger partial charge in [-0.05, 0) is 47.6 Å². The first kappa shape index (κ1) is 23.2. The van der Waals surface area contributed by atoms with Crippen LogP contribution in [0.25, 0.3) is 10.8 Å². The zero-order chi connectivity index (χ0) is 21.1. The summed E-state index contributed by atoms with van der Waals surface area (Å²) in [6.45, 7) is 2.45. The van der Waals surface area contributed by atoms with E-state index >= 15 is 0 Å². The van der Waals surface area contributed by atoms with Crippen molar-refractivity contribution in [2.24, 2.45) is 0 Å². The number of carboxylic acid groups (broad SMARTS) is 1. The first-order chi connectivity index (χ1) is 14.1. The first-order valence-corrected chi connectivity index (χ1v) is 11.6. The molecule has 0 unspecified atom stereocenters. The van der Waals surface area contributed by atoms with Crippen LogP contribution in [0.3, 0.4) is 0 Å². The van der Waals surface area contributed by atoms with Crippen LogP contribution in [-0.4, -0.2) is 46.7 Å². The van der Waals surface area contributed by atoms with Crippen molar-refractivity contribution in [1.29, 1.82) is 0 Å². The number of carbonyl (C=O) groups excluding carboxylic acids is 1. The minimum atomic E-state index is -1.02. The summed E-state index contributed by atoms with van der Waals surface area (Å²) in [5.41, 5.74) is 1.05. The number of hydrogen-bond acceptors (Lipinski definition) is 4. The van der Waals surface area contributed by atoms with E-state index in [1.807, 2.05) is 36.6 Å². The number of benzene rings is 2. The number of hydroxylamine groups is 2. The van der Waals surface area contributed by atoms with Crippen molar-refractivity contribution < 1.29 is 19.5 Å². The van der Waals surface area contributed by atoms with Gasteiger partial charge in [-0.3, -0.25) is 9.63 Å². The second kappa shape index (κ2) is 12.5. The van der Waals surface area contributed by atoms with Crippen molar-refractivity contribution in [3.05, 3.63) is 48.0 Å². The van der Waals surface area contributed by atoms with Crippen LogP contribution in [0.15, 0.2) is 42.5 Å². The van der Waals surface area contributed by atoms with Crippen molar-refractivity contribution >= 4 is 34.4 Å². The molecule has 1 N–H and O–H groups in total. The minimum Gasteiger partial charge on any atom is -0.480 e. The normalized spacial score (nSPS) is 12.1. The van der Waals surface area contributed by atoms with Gasteiger partial charge in [-0.2, -0.15) is 11.8 Å². The fourth-order valence-corrected chi connectivity index (χ4v) is 3.64. The molecule has 0 fully saturated rings. The highest BCUT2D eigenvalue weighted by atomic mass is 32.2. The third-order valence-corrected chi connectivity index (χ3v) is 5.47. The highest BCUT2D eigenvalue weighted by Crippen LogP contribution is 2.18. The van der Waals surface area contributed by atoms with Gasteiger partial charge in [-0.1, -0.05) is 62.2 Å². The van der Waals surface area contributed by atoms with E-state index in [4.69, 9.17) is 4.84 Å². The summed E-state index contributed by atoms with van der Waals surface area (Å²) >= 11 is 1.56. The average molecular weight is 418 g/mol. The molecule has 0 saturated heterocycles. The lowest BCUT2D eigenvalue weighted by Crippen LogP contribution is -2.45. The third kappa shape index (κ3) is 7.37. The molecule has 6 heteroatoms. The summed E-state index contributed by atoms with van der Waals surface area (Å²) < 4.78 is 0. The van der Waals surface area contributed by atoms with Gasteiger partial charge in [-0.15, -0.1) is 0 Å². The predicted molar refractivity (Wildman–Crippen MR) is 119 cm³/mol.